The number of thioether (sulfide) groups is 1. The molecule has 0 saturated carbocycles. The molecule has 1 aliphatic rings. The van der Waals surface area contributed by atoms with Crippen LogP contribution in [0.25, 0.3) is 0 Å². The lowest BCUT2D eigenvalue weighted by Crippen LogP contribution is -2.34. The number of amidine groups is 1. The van der Waals surface area contributed by atoms with Crippen LogP contribution in [-0.2, 0) is 17.0 Å². The van der Waals surface area contributed by atoms with Gasteiger partial charge in [-0.25, -0.2) is 0 Å². The SMILES string of the molecule is O=C(Cc1ccccc1)N1CCN=C1SCc1ccc(Cl)cc1. The fraction of sp³-hybridized carbons (Fsp3) is 0.222. The number of halogens is 1. The van der Waals surface area contributed by atoms with E-state index in [-0.39, 0.29) is 5.91 Å². The van der Waals surface area contributed by atoms with Gasteiger partial charge < -0.3 is 0 Å². The summed E-state index contributed by atoms with van der Waals surface area (Å²) < 4.78 is 0. The zero-order chi connectivity index (χ0) is 16.1. The van der Waals surface area contributed by atoms with Crippen LogP contribution in [0.3, 0.4) is 0 Å². The summed E-state index contributed by atoms with van der Waals surface area (Å²) in [4.78, 5) is 18.8. The molecule has 23 heavy (non-hydrogen) atoms. The van der Waals surface area contributed by atoms with Gasteiger partial charge in [-0.3, -0.25) is 14.7 Å². The topological polar surface area (TPSA) is 32.7 Å². The molecule has 0 aromatic heterocycles. The van der Waals surface area contributed by atoms with Gasteiger partial charge >= 0.3 is 0 Å². The molecule has 1 amide bonds. The molecule has 0 radical (unpaired) electrons. The number of nitrogens with zero attached hydrogens (tertiary/aromatic N) is 2. The van der Waals surface area contributed by atoms with Crippen LogP contribution in [-0.4, -0.2) is 29.1 Å². The molecule has 3 nitrogen and oxygen atoms in total. The van der Waals surface area contributed by atoms with E-state index in [4.69, 9.17) is 11.6 Å². The van der Waals surface area contributed by atoms with Crippen molar-refractivity contribution < 1.29 is 4.79 Å². The first kappa shape index (κ1) is 16.1. The number of amides is 1. The number of aliphatic imine (C=N–C) groups is 1. The fourth-order valence-electron chi connectivity index (χ4n) is 2.38. The van der Waals surface area contributed by atoms with Gasteiger partial charge in [-0.1, -0.05) is 65.8 Å². The minimum atomic E-state index is 0.107. The molecule has 0 unspecified atom stereocenters. The van der Waals surface area contributed by atoms with E-state index in [9.17, 15) is 4.79 Å². The Bertz CT molecular complexity index is 701. The lowest BCUT2D eigenvalue weighted by Gasteiger charge is -2.18. The molecule has 0 fully saturated rings. The highest BCUT2D eigenvalue weighted by molar-refractivity contribution is 8.13. The van der Waals surface area contributed by atoms with Crippen molar-refractivity contribution >= 4 is 34.4 Å². The number of hydrogen-bond donors (Lipinski definition) is 0. The zero-order valence-corrected chi connectivity index (χ0v) is 14.2. The van der Waals surface area contributed by atoms with Gasteiger partial charge in [0.15, 0.2) is 5.17 Å². The average Bonchev–Trinajstić information content (AvgIpc) is 3.04. The average molecular weight is 345 g/mol. The van der Waals surface area contributed by atoms with Crippen LogP contribution in [0.4, 0.5) is 0 Å². The number of carbonyl (C=O) groups is 1. The molecule has 0 aliphatic carbocycles. The molecule has 3 rings (SSSR count). The summed E-state index contributed by atoms with van der Waals surface area (Å²) in [6, 6.07) is 17.6. The number of carbonyl (C=O) groups excluding carboxylic acids is 1. The van der Waals surface area contributed by atoms with E-state index in [0.29, 0.717) is 19.5 Å². The lowest BCUT2D eigenvalue weighted by atomic mass is 10.1. The second-order valence-corrected chi connectivity index (χ2v) is 6.67. The lowest BCUT2D eigenvalue weighted by molar-refractivity contribution is -0.126. The fourth-order valence-corrected chi connectivity index (χ4v) is 3.52. The van der Waals surface area contributed by atoms with E-state index >= 15 is 0 Å². The minimum Gasteiger partial charge on any atom is -0.289 e. The largest absolute Gasteiger partial charge is 0.289 e. The molecule has 0 spiro atoms. The molecule has 1 aliphatic heterocycles. The van der Waals surface area contributed by atoms with E-state index in [1.807, 2.05) is 54.6 Å². The van der Waals surface area contributed by atoms with Crippen molar-refractivity contribution in [2.24, 2.45) is 4.99 Å². The number of rotatable bonds is 4. The van der Waals surface area contributed by atoms with Gasteiger partial charge in [-0.15, -0.1) is 0 Å². The van der Waals surface area contributed by atoms with Gasteiger partial charge in [0.25, 0.3) is 0 Å². The summed E-state index contributed by atoms with van der Waals surface area (Å²) in [5.41, 5.74) is 2.20. The van der Waals surface area contributed by atoms with Crippen molar-refractivity contribution in [2.45, 2.75) is 12.2 Å². The summed E-state index contributed by atoms with van der Waals surface area (Å²) in [6.45, 7) is 1.36. The molecule has 2 aromatic rings. The maximum atomic E-state index is 12.5. The van der Waals surface area contributed by atoms with Gasteiger partial charge in [0.05, 0.1) is 13.0 Å². The van der Waals surface area contributed by atoms with Gasteiger partial charge in [-0.05, 0) is 23.3 Å². The molecule has 1 heterocycles. The Morgan fingerprint density at radius 2 is 1.83 bits per heavy atom. The van der Waals surface area contributed by atoms with Crippen LogP contribution in [0, 0.1) is 0 Å². The standard InChI is InChI=1S/C18H17ClN2OS/c19-16-8-6-15(7-9-16)13-23-18-20-10-11-21(18)17(22)12-14-4-2-1-3-5-14/h1-9H,10-13H2. The van der Waals surface area contributed by atoms with Crippen molar-refractivity contribution in [3.8, 4) is 0 Å². The molecule has 5 heteroatoms. The Morgan fingerprint density at radius 3 is 2.57 bits per heavy atom. The van der Waals surface area contributed by atoms with E-state index < -0.39 is 0 Å². The second-order valence-electron chi connectivity index (χ2n) is 5.29. The maximum Gasteiger partial charge on any atom is 0.233 e. The summed E-state index contributed by atoms with van der Waals surface area (Å²) in [6.07, 6.45) is 0.418. The van der Waals surface area contributed by atoms with Gasteiger partial charge in [-0.2, -0.15) is 0 Å². The van der Waals surface area contributed by atoms with Crippen LogP contribution in [0.5, 0.6) is 0 Å². The monoisotopic (exact) mass is 344 g/mol. The first-order valence-electron chi connectivity index (χ1n) is 7.48. The second kappa shape index (κ2) is 7.66. The van der Waals surface area contributed by atoms with Crippen LogP contribution < -0.4 is 0 Å². The van der Waals surface area contributed by atoms with Crippen molar-refractivity contribution in [1.29, 1.82) is 0 Å². The van der Waals surface area contributed by atoms with Crippen molar-refractivity contribution in [1.82, 2.24) is 4.90 Å². The smallest absolute Gasteiger partial charge is 0.233 e. The Balaban J connectivity index is 1.59. The third kappa shape index (κ3) is 4.36. The summed E-state index contributed by atoms with van der Waals surface area (Å²) in [5, 5.41) is 1.55. The molecule has 0 atom stereocenters. The van der Waals surface area contributed by atoms with Crippen LogP contribution in [0.2, 0.25) is 5.02 Å². The Labute approximate surface area is 145 Å². The predicted molar refractivity (Wildman–Crippen MR) is 96.9 cm³/mol. The van der Waals surface area contributed by atoms with E-state index in [1.54, 1.807) is 16.7 Å². The Kier molecular flexibility index (Phi) is 5.36. The van der Waals surface area contributed by atoms with Gasteiger partial charge in [0.2, 0.25) is 5.91 Å². The summed E-state index contributed by atoms with van der Waals surface area (Å²) >= 11 is 7.50. The van der Waals surface area contributed by atoms with Crippen molar-refractivity contribution in [3.63, 3.8) is 0 Å². The Hall–Kier alpha value is -1.78. The van der Waals surface area contributed by atoms with Crippen molar-refractivity contribution in [3.05, 3.63) is 70.7 Å². The third-order valence-electron chi connectivity index (χ3n) is 3.58. The van der Waals surface area contributed by atoms with Crippen molar-refractivity contribution in [2.75, 3.05) is 13.1 Å². The first-order valence-corrected chi connectivity index (χ1v) is 8.85. The quantitative estimate of drug-likeness (QED) is 0.839. The summed E-state index contributed by atoms with van der Waals surface area (Å²) in [5.74, 6) is 0.890. The highest BCUT2D eigenvalue weighted by atomic mass is 35.5. The van der Waals surface area contributed by atoms with E-state index in [2.05, 4.69) is 4.99 Å². The number of benzene rings is 2. The normalized spacial score (nSPS) is 14.0. The molecule has 118 valence electrons. The molecular formula is C18H17ClN2OS. The summed E-state index contributed by atoms with van der Waals surface area (Å²) in [7, 11) is 0. The third-order valence-corrected chi connectivity index (χ3v) is 4.92. The molecule has 0 N–H and O–H groups in total. The minimum absolute atomic E-state index is 0.107. The maximum absolute atomic E-state index is 12.5. The first-order chi connectivity index (χ1) is 11.2. The van der Waals surface area contributed by atoms with Crippen LogP contribution in [0.1, 0.15) is 11.1 Å². The zero-order valence-electron chi connectivity index (χ0n) is 12.6. The van der Waals surface area contributed by atoms with E-state index in [0.717, 1.165) is 21.5 Å². The van der Waals surface area contributed by atoms with Crippen LogP contribution in [0.15, 0.2) is 59.6 Å². The highest BCUT2D eigenvalue weighted by Crippen LogP contribution is 2.21. The molecule has 0 bridgehead atoms. The molecular weight excluding hydrogens is 328 g/mol. The van der Waals surface area contributed by atoms with Gasteiger partial charge in [0, 0.05) is 17.3 Å². The molecule has 2 aromatic carbocycles. The predicted octanol–water partition coefficient (Wildman–Crippen LogP) is 4.01. The van der Waals surface area contributed by atoms with Gasteiger partial charge in [0.1, 0.15) is 0 Å². The van der Waals surface area contributed by atoms with E-state index in [1.165, 1.54) is 5.56 Å². The van der Waals surface area contributed by atoms with Crippen LogP contribution >= 0.6 is 23.4 Å². The number of hydrogen-bond acceptors (Lipinski definition) is 3. The highest BCUT2D eigenvalue weighted by Gasteiger charge is 2.23. The Morgan fingerprint density at radius 1 is 1.09 bits per heavy atom. The molecule has 0 saturated heterocycles.